The first kappa shape index (κ1) is 30.8. The molecule has 1 fully saturated rings. The Morgan fingerprint density at radius 3 is 2.77 bits per heavy atom. The lowest BCUT2D eigenvalue weighted by Crippen LogP contribution is -2.40. The zero-order chi connectivity index (χ0) is 30.9. The molecule has 10 nitrogen and oxygen atoms in total. The lowest BCUT2D eigenvalue weighted by atomic mass is 10.1. The van der Waals surface area contributed by atoms with Crippen LogP contribution in [0.15, 0.2) is 71.8 Å². The molecule has 1 amide bonds. The normalized spacial score (nSPS) is 14.5. The Balaban J connectivity index is 1.20. The van der Waals surface area contributed by atoms with Crippen molar-refractivity contribution in [3.63, 3.8) is 0 Å². The van der Waals surface area contributed by atoms with Crippen molar-refractivity contribution in [1.29, 1.82) is 0 Å². The molecule has 5 rings (SSSR count). The van der Waals surface area contributed by atoms with Crippen LogP contribution in [-0.2, 0) is 4.74 Å². The Morgan fingerprint density at radius 2 is 2.00 bits per heavy atom. The van der Waals surface area contributed by atoms with Gasteiger partial charge in [0.2, 0.25) is 0 Å². The highest BCUT2D eigenvalue weighted by Gasteiger charge is 2.20. The first-order chi connectivity index (χ1) is 21.4. The van der Waals surface area contributed by atoms with Gasteiger partial charge >= 0.3 is 0 Å². The number of likely N-dealkylation sites (tertiary alicyclic amines) is 1. The fraction of sp³-hybridized carbons (Fsp3) is 0.333. The number of hydrogen-bond donors (Lipinski definition) is 3. The molecular weight excluding hydrogens is 563 g/mol. The van der Waals surface area contributed by atoms with Crippen molar-refractivity contribution in [3.8, 4) is 11.8 Å². The maximum atomic E-state index is 13.7. The Kier molecular flexibility index (Phi) is 10.3. The SMILES string of the molecule is COCCN1CCC(Nc2cnc3ccc(C#CCNC(=O)c4cccn([C@H](CO)c5cccc(F)c5)c4=O)cc3n2)CC1. The third kappa shape index (κ3) is 7.65. The zero-order valence-corrected chi connectivity index (χ0v) is 24.5. The fourth-order valence-corrected chi connectivity index (χ4v) is 5.25. The molecule has 1 atom stereocenters. The summed E-state index contributed by atoms with van der Waals surface area (Å²) < 4.78 is 20.1. The standard InChI is InChI=1S/C33H35FN6O4/c1-44-18-17-39-15-11-26(12-16-39)37-31-21-36-28-10-9-23(19-29(28)38-31)5-3-13-35-32(42)27-8-4-14-40(33(27)43)30(22-41)24-6-2-7-25(34)20-24/h2,4,6-10,14,19-21,26,30,41H,11-13,15-18,22H2,1H3,(H,35,42)(H,37,38)/t30-/m1/s1. The Bertz CT molecular complexity index is 1720. The van der Waals surface area contributed by atoms with E-state index in [2.05, 4.69) is 32.4 Å². The number of aliphatic hydroxyl groups is 1. The van der Waals surface area contributed by atoms with E-state index < -0.39 is 29.9 Å². The number of carbonyl (C=O) groups excluding carboxylic acids is 1. The van der Waals surface area contributed by atoms with Crippen LogP contribution in [0.2, 0.25) is 0 Å². The summed E-state index contributed by atoms with van der Waals surface area (Å²) >= 11 is 0. The molecule has 1 saturated heterocycles. The van der Waals surface area contributed by atoms with Crippen LogP contribution in [0.5, 0.6) is 0 Å². The number of pyridine rings is 1. The van der Waals surface area contributed by atoms with Crippen LogP contribution in [-0.4, -0.2) is 83.0 Å². The number of hydrogen-bond acceptors (Lipinski definition) is 8. The molecule has 0 spiro atoms. The van der Waals surface area contributed by atoms with E-state index in [0.29, 0.717) is 22.7 Å². The number of halogens is 1. The molecule has 3 heterocycles. The van der Waals surface area contributed by atoms with Crippen LogP contribution >= 0.6 is 0 Å². The second-order valence-electron chi connectivity index (χ2n) is 10.6. The van der Waals surface area contributed by atoms with Gasteiger partial charge in [-0.1, -0.05) is 24.0 Å². The van der Waals surface area contributed by atoms with E-state index in [1.807, 2.05) is 18.2 Å². The highest BCUT2D eigenvalue weighted by molar-refractivity contribution is 5.94. The highest BCUT2D eigenvalue weighted by atomic mass is 19.1. The number of aromatic nitrogens is 3. The maximum absolute atomic E-state index is 13.7. The summed E-state index contributed by atoms with van der Waals surface area (Å²) in [7, 11) is 1.72. The molecule has 228 valence electrons. The van der Waals surface area contributed by atoms with Gasteiger partial charge in [-0.05, 0) is 60.9 Å². The van der Waals surface area contributed by atoms with Gasteiger partial charge in [-0.3, -0.25) is 14.6 Å². The second kappa shape index (κ2) is 14.7. The number of piperidine rings is 1. The largest absolute Gasteiger partial charge is 0.394 e. The number of amides is 1. The molecule has 3 N–H and O–H groups in total. The molecule has 11 heteroatoms. The summed E-state index contributed by atoms with van der Waals surface area (Å²) in [5, 5.41) is 16.1. The summed E-state index contributed by atoms with van der Waals surface area (Å²) in [4.78, 5) is 37.6. The van der Waals surface area contributed by atoms with Crippen molar-refractivity contribution in [3.05, 3.63) is 99.9 Å². The van der Waals surface area contributed by atoms with Crippen molar-refractivity contribution in [2.45, 2.75) is 24.9 Å². The first-order valence-electron chi connectivity index (χ1n) is 14.5. The number of anilines is 1. The smallest absolute Gasteiger partial charge is 0.264 e. The van der Waals surface area contributed by atoms with Crippen LogP contribution in [0.3, 0.4) is 0 Å². The second-order valence-corrected chi connectivity index (χ2v) is 10.6. The number of nitrogens with one attached hydrogen (secondary N) is 2. The summed E-state index contributed by atoms with van der Waals surface area (Å²) in [5.41, 5.74) is 1.89. The van der Waals surface area contributed by atoms with E-state index >= 15 is 0 Å². The van der Waals surface area contributed by atoms with Crippen molar-refractivity contribution in [1.82, 2.24) is 24.8 Å². The van der Waals surface area contributed by atoms with Gasteiger partial charge in [-0.25, -0.2) is 9.37 Å². The van der Waals surface area contributed by atoms with Gasteiger partial charge in [0, 0.05) is 44.5 Å². The van der Waals surface area contributed by atoms with Crippen LogP contribution in [0.4, 0.5) is 10.2 Å². The quantitative estimate of drug-likeness (QED) is 0.239. The Labute approximate surface area is 254 Å². The van der Waals surface area contributed by atoms with E-state index in [0.717, 1.165) is 50.4 Å². The lowest BCUT2D eigenvalue weighted by molar-refractivity contribution is 0.0956. The predicted molar refractivity (Wildman–Crippen MR) is 166 cm³/mol. The molecule has 0 bridgehead atoms. The monoisotopic (exact) mass is 598 g/mol. The van der Waals surface area contributed by atoms with Gasteiger partial charge in [0.15, 0.2) is 0 Å². The van der Waals surface area contributed by atoms with Gasteiger partial charge < -0.3 is 29.9 Å². The minimum atomic E-state index is -0.837. The Morgan fingerprint density at radius 1 is 1.16 bits per heavy atom. The molecule has 44 heavy (non-hydrogen) atoms. The van der Waals surface area contributed by atoms with Gasteiger partial charge in [0.25, 0.3) is 11.5 Å². The van der Waals surface area contributed by atoms with E-state index in [1.54, 1.807) is 19.4 Å². The van der Waals surface area contributed by atoms with Crippen molar-refractivity contribution in [2.75, 3.05) is 51.8 Å². The van der Waals surface area contributed by atoms with Crippen LogP contribution in [0, 0.1) is 17.7 Å². The number of fused-ring (bicyclic) bond motifs is 1. The van der Waals surface area contributed by atoms with Gasteiger partial charge in [-0.15, -0.1) is 0 Å². The van der Waals surface area contributed by atoms with E-state index in [-0.39, 0.29) is 12.1 Å². The number of methoxy groups -OCH3 is 1. The van der Waals surface area contributed by atoms with Gasteiger partial charge in [-0.2, -0.15) is 0 Å². The van der Waals surface area contributed by atoms with Gasteiger partial charge in [0.1, 0.15) is 17.2 Å². The Hall–Kier alpha value is -4.63. The minimum absolute atomic E-state index is 0.00881. The topological polar surface area (TPSA) is 122 Å². The van der Waals surface area contributed by atoms with Crippen LogP contribution in [0.25, 0.3) is 11.0 Å². The average molecular weight is 599 g/mol. The summed E-state index contributed by atoms with van der Waals surface area (Å²) in [6.45, 7) is 3.28. The van der Waals surface area contributed by atoms with Crippen molar-refractivity contribution < 1.29 is 19.0 Å². The number of benzene rings is 2. The van der Waals surface area contributed by atoms with Crippen molar-refractivity contribution >= 4 is 22.8 Å². The predicted octanol–water partition coefficient (Wildman–Crippen LogP) is 2.82. The summed E-state index contributed by atoms with van der Waals surface area (Å²) in [6.07, 6.45) is 5.25. The van der Waals surface area contributed by atoms with Gasteiger partial charge in [0.05, 0.1) is 43.0 Å². The molecule has 1 aliphatic heterocycles. The van der Waals surface area contributed by atoms with E-state index in [9.17, 15) is 19.1 Å². The molecule has 4 aromatic rings. The van der Waals surface area contributed by atoms with E-state index in [4.69, 9.17) is 9.72 Å². The fourth-order valence-electron chi connectivity index (χ4n) is 5.25. The summed E-state index contributed by atoms with van der Waals surface area (Å²) in [5.74, 6) is 5.58. The lowest BCUT2D eigenvalue weighted by Gasteiger charge is -2.32. The molecular formula is C33H35FN6O4. The number of rotatable bonds is 10. The number of nitrogens with zero attached hydrogens (tertiary/aromatic N) is 4. The molecule has 2 aromatic carbocycles. The highest BCUT2D eigenvalue weighted by Crippen LogP contribution is 2.19. The molecule has 2 aromatic heterocycles. The third-order valence-electron chi connectivity index (χ3n) is 7.62. The molecule has 0 radical (unpaired) electrons. The molecule has 1 aliphatic rings. The molecule has 0 aliphatic carbocycles. The van der Waals surface area contributed by atoms with E-state index in [1.165, 1.54) is 41.1 Å². The number of ether oxygens (including phenoxy) is 1. The minimum Gasteiger partial charge on any atom is -0.394 e. The summed E-state index contributed by atoms with van der Waals surface area (Å²) in [6, 6.07) is 13.6. The van der Waals surface area contributed by atoms with Crippen molar-refractivity contribution in [2.24, 2.45) is 0 Å². The number of aliphatic hydroxyl groups excluding tert-OH is 1. The average Bonchev–Trinajstić information content (AvgIpc) is 3.03. The van der Waals surface area contributed by atoms with Crippen LogP contribution in [0.1, 0.15) is 40.4 Å². The zero-order valence-electron chi connectivity index (χ0n) is 24.5. The van der Waals surface area contributed by atoms with Crippen LogP contribution < -0.4 is 16.2 Å². The third-order valence-corrected chi connectivity index (χ3v) is 7.62. The first-order valence-corrected chi connectivity index (χ1v) is 14.5. The molecule has 0 unspecified atom stereocenters. The molecule has 0 saturated carbocycles. The maximum Gasteiger partial charge on any atom is 0.264 e. The number of carbonyl (C=O) groups is 1.